The summed E-state index contributed by atoms with van der Waals surface area (Å²) in [4.78, 5) is 43.4. The zero-order valence-corrected chi connectivity index (χ0v) is 21.6. The van der Waals surface area contributed by atoms with Gasteiger partial charge in [-0.1, -0.05) is 28.1 Å². The first-order valence-electron chi connectivity index (χ1n) is 10.8. The maximum atomic E-state index is 13.9. The fourth-order valence-corrected chi connectivity index (χ4v) is 4.87. The van der Waals surface area contributed by atoms with E-state index in [4.69, 9.17) is 4.74 Å². The highest BCUT2D eigenvalue weighted by atomic mass is 79.9. The zero-order chi connectivity index (χ0) is 26.4. The van der Waals surface area contributed by atoms with Crippen molar-refractivity contribution in [2.45, 2.75) is 0 Å². The van der Waals surface area contributed by atoms with Gasteiger partial charge in [-0.2, -0.15) is 18.7 Å². The molecule has 0 radical (unpaired) electrons. The molecule has 13 heteroatoms. The minimum atomic E-state index is -0.985. The fourth-order valence-electron chi connectivity index (χ4n) is 3.54. The number of ether oxygens (including phenoxy) is 1. The summed E-state index contributed by atoms with van der Waals surface area (Å²) in [6.45, 7) is 0.814. The van der Waals surface area contributed by atoms with E-state index in [0.717, 1.165) is 32.4 Å². The second-order valence-electron chi connectivity index (χ2n) is 7.33. The van der Waals surface area contributed by atoms with Crippen molar-refractivity contribution in [3.63, 3.8) is 0 Å². The van der Waals surface area contributed by atoms with Crippen molar-refractivity contribution >= 4 is 67.5 Å². The highest BCUT2D eigenvalue weighted by Crippen LogP contribution is 2.46. The molecule has 188 valence electrons. The molecule has 0 fully saturated rings. The van der Waals surface area contributed by atoms with Crippen LogP contribution in [0.25, 0.3) is 21.3 Å². The third-order valence-electron chi connectivity index (χ3n) is 5.05. The summed E-state index contributed by atoms with van der Waals surface area (Å²) in [5.74, 6) is -0.219. The number of fused-ring (bicyclic) bond motifs is 2. The standard InChI is InChI=1S/C20H14BrFN6O2S.C4H4O2/c1-23-7-8-30-20-26-18(22)25-19(27-20)24-11-6-5-10(21)14-15(11)17(29)9-3-2-4-12-13(9)16(14)28-31-12;5-3-1-2-4-6/h2-6,23H,7-8H2,1H3,(H,24,25,26,27);1-4H/b;2-1-. The number of carbonyl (C=O) groups excluding carboxylic acids is 3. The summed E-state index contributed by atoms with van der Waals surface area (Å²) in [7, 11) is 1.77. The highest BCUT2D eigenvalue weighted by molar-refractivity contribution is 9.10. The van der Waals surface area contributed by atoms with Crippen molar-refractivity contribution in [1.29, 1.82) is 0 Å². The molecule has 2 aromatic carbocycles. The van der Waals surface area contributed by atoms with Gasteiger partial charge in [-0.05, 0) is 48.9 Å². The molecule has 2 aromatic heterocycles. The first-order chi connectivity index (χ1) is 18.0. The number of nitrogens with one attached hydrogen (secondary N) is 2. The van der Waals surface area contributed by atoms with E-state index in [2.05, 4.69) is 45.9 Å². The normalized spacial score (nSPS) is 11.6. The number of benzene rings is 2. The lowest BCUT2D eigenvalue weighted by molar-refractivity contribution is -0.106. The highest BCUT2D eigenvalue weighted by Gasteiger charge is 2.31. The van der Waals surface area contributed by atoms with Gasteiger partial charge in [0.25, 0.3) is 0 Å². The van der Waals surface area contributed by atoms with Gasteiger partial charge < -0.3 is 15.4 Å². The number of hydrogen-bond acceptors (Lipinski definition) is 11. The molecule has 37 heavy (non-hydrogen) atoms. The van der Waals surface area contributed by atoms with Crippen LogP contribution in [0.2, 0.25) is 0 Å². The van der Waals surface area contributed by atoms with Crippen LogP contribution >= 0.6 is 27.5 Å². The van der Waals surface area contributed by atoms with Crippen LogP contribution in [0.4, 0.5) is 16.0 Å². The number of hydrogen-bond donors (Lipinski definition) is 2. The van der Waals surface area contributed by atoms with Crippen molar-refractivity contribution < 1.29 is 23.5 Å². The van der Waals surface area contributed by atoms with Crippen LogP contribution < -0.4 is 15.4 Å². The van der Waals surface area contributed by atoms with Gasteiger partial charge in [0.1, 0.15) is 19.2 Å². The first-order valence-corrected chi connectivity index (χ1v) is 12.3. The van der Waals surface area contributed by atoms with E-state index in [1.54, 1.807) is 25.2 Å². The molecule has 0 saturated carbocycles. The van der Waals surface area contributed by atoms with Crippen molar-refractivity contribution in [3.8, 4) is 17.3 Å². The average Bonchev–Trinajstić information content (AvgIpc) is 3.32. The second-order valence-corrected chi connectivity index (χ2v) is 8.99. The maximum absolute atomic E-state index is 13.9. The van der Waals surface area contributed by atoms with Crippen molar-refractivity contribution in [2.75, 3.05) is 25.5 Å². The van der Waals surface area contributed by atoms with Gasteiger partial charge in [0.05, 0.1) is 21.6 Å². The van der Waals surface area contributed by atoms with Crippen molar-refractivity contribution in [2.24, 2.45) is 0 Å². The van der Waals surface area contributed by atoms with E-state index < -0.39 is 6.08 Å². The van der Waals surface area contributed by atoms with Gasteiger partial charge in [0, 0.05) is 27.5 Å². The molecule has 0 amide bonds. The SMILES string of the molecule is CNCCOc1nc(F)nc(Nc2ccc(Br)c3c2C(=O)c2cccc4snc-3c24)n1.O=C/C=C\C=O. The maximum Gasteiger partial charge on any atom is 0.323 e. The molecule has 0 atom stereocenters. The van der Waals surface area contributed by atoms with Crippen molar-refractivity contribution in [1.82, 2.24) is 24.6 Å². The van der Waals surface area contributed by atoms with Gasteiger partial charge in [0.15, 0.2) is 5.78 Å². The third kappa shape index (κ3) is 5.58. The Morgan fingerprint density at radius 1 is 1.08 bits per heavy atom. The summed E-state index contributed by atoms with van der Waals surface area (Å²) in [5, 5.41) is 6.71. The van der Waals surface area contributed by atoms with Crippen LogP contribution in [0.5, 0.6) is 6.01 Å². The van der Waals surface area contributed by atoms with Gasteiger partial charge in [-0.15, -0.1) is 4.98 Å². The predicted octanol–water partition coefficient (Wildman–Crippen LogP) is 3.88. The van der Waals surface area contributed by atoms with Gasteiger partial charge >= 0.3 is 12.1 Å². The molecule has 0 bridgehead atoms. The van der Waals surface area contributed by atoms with Crippen molar-refractivity contribution in [3.05, 3.63) is 64.2 Å². The molecule has 0 aliphatic heterocycles. The number of nitrogens with zero attached hydrogens (tertiary/aromatic N) is 4. The minimum absolute atomic E-state index is 0.0634. The van der Waals surface area contributed by atoms with Crippen LogP contribution in [-0.2, 0) is 9.59 Å². The summed E-state index contributed by atoms with van der Waals surface area (Å²) < 4.78 is 25.6. The van der Waals surface area contributed by atoms with E-state index in [9.17, 15) is 18.8 Å². The lowest BCUT2D eigenvalue weighted by atomic mass is 9.86. The second kappa shape index (κ2) is 11.9. The number of ketones is 1. The van der Waals surface area contributed by atoms with Gasteiger partial charge in [0.2, 0.25) is 5.95 Å². The third-order valence-corrected chi connectivity index (χ3v) is 6.52. The molecule has 2 N–H and O–H groups in total. The molecule has 1 aliphatic rings. The molecule has 10 nitrogen and oxygen atoms in total. The molecular formula is C24H18BrFN6O4S. The molecule has 2 heterocycles. The Morgan fingerprint density at radius 2 is 1.86 bits per heavy atom. The van der Waals surface area contributed by atoms with Crippen LogP contribution in [0.3, 0.4) is 0 Å². The van der Waals surface area contributed by atoms with Crippen LogP contribution in [0.1, 0.15) is 15.9 Å². The lowest BCUT2D eigenvalue weighted by Gasteiger charge is -2.20. The Morgan fingerprint density at radius 3 is 2.59 bits per heavy atom. The molecule has 0 saturated heterocycles. The largest absolute Gasteiger partial charge is 0.462 e. The number of aldehydes is 2. The number of anilines is 2. The average molecular weight is 585 g/mol. The lowest BCUT2D eigenvalue weighted by Crippen LogP contribution is -2.17. The summed E-state index contributed by atoms with van der Waals surface area (Å²) >= 11 is 4.89. The fraction of sp³-hybridized carbons (Fsp3) is 0.125. The monoisotopic (exact) mass is 584 g/mol. The number of aromatic nitrogens is 4. The Hall–Kier alpha value is -3.94. The Kier molecular flexibility index (Phi) is 8.38. The van der Waals surface area contributed by atoms with Crippen LogP contribution in [0, 0.1) is 6.08 Å². The Balaban J connectivity index is 0.000000480. The van der Waals surface area contributed by atoms with Crippen LogP contribution in [-0.4, -0.2) is 57.9 Å². The molecule has 1 aliphatic carbocycles. The van der Waals surface area contributed by atoms with Crippen LogP contribution in [0.15, 0.2) is 47.0 Å². The molecule has 5 rings (SSSR count). The molecular weight excluding hydrogens is 567 g/mol. The summed E-state index contributed by atoms with van der Waals surface area (Å²) in [6.07, 6.45) is 2.38. The van der Waals surface area contributed by atoms with E-state index >= 15 is 0 Å². The Labute approximate surface area is 222 Å². The van der Waals surface area contributed by atoms with Gasteiger partial charge in [-0.25, -0.2) is 0 Å². The Bertz CT molecular complexity index is 1520. The number of rotatable bonds is 8. The number of allylic oxidation sites excluding steroid dienone is 2. The summed E-state index contributed by atoms with van der Waals surface area (Å²) in [5.41, 5.74) is 2.84. The van der Waals surface area contributed by atoms with E-state index in [0.29, 0.717) is 41.5 Å². The topological polar surface area (TPSA) is 136 Å². The first kappa shape index (κ1) is 26.1. The van der Waals surface area contributed by atoms with Gasteiger partial charge in [-0.3, -0.25) is 14.4 Å². The minimum Gasteiger partial charge on any atom is -0.462 e. The van der Waals surface area contributed by atoms with E-state index in [1.165, 1.54) is 11.5 Å². The number of likely N-dealkylation sites (N-methyl/N-ethyl adjacent to an activating group) is 1. The smallest absolute Gasteiger partial charge is 0.323 e. The molecule has 4 aromatic rings. The molecule has 0 unspecified atom stereocenters. The number of carbonyl (C=O) groups is 3. The molecule has 0 spiro atoms. The van der Waals surface area contributed by atoms with E-state index in [1.807, 2.05) is 12.1 Å². The number of halogens is 2. The zero-order valence-electron chi connectivity index (χ0n) is 19.2. The summed E-state index contributed by atoms with van der Waals surface area (Å²) in [6, 6.07) is 8.93. The predicted molar refractivity (Wildman–Crippen MR) is 140 cm³/mol. The quantitative estimate of drug-likeness (QED) is 0.157. The van der Waals surface area contributed by atoms with E-state index in [-0.39, 0.29) is 24.3 Å².